The molecule has 0 saturated carbocycles. The minimum Gasteiger partial charge on any atom is -0.478 e. The average Bonchev–Trinajstić information content (AvgIpc) is 3.05. The summed E-state index contributed by atoms with van der Waals surface area (Å²) in [7, 11) is 0. The van der Waals surface area contributed by atoms with Gasteiger partial charge < -0.3 is 63.8 Å². The zero-order valence-corrected chi connectivity index (χ0v) is 28.7. The van der Waals surface area contributed by atoms with Crippen molar-refractivity contribution in [1.82, 2.24) is 0 Å². The molecule has 0 unspecified atom stereocenters. The number of nitrogens with two attached hydrogens (primary N) is 4. The minimum absolute atomic E-state index is 0.124. The summed E-state index contributed by atoms with van der Waals surface area (Å²) < 4.78 is 4.25. The molecule has 0 aliphatic rings. The van der Waals surface area contributed by atoms with E-state index in [4.69, 9.17) is 61.5 Å². The predicted molar refractivity (Wildman–Crippen MR) is 193 cm³/mol. The fourth-order valence-electron chi connectivity index (χ4n) is 3.66. The monoisotopic (exact) mass is 742 g/mol. The van der Waals surface area contributed by atoms with Gasteiger partial charge in [-0.15, -0.1) is 0 Å². The number of halogens is 2. The molecular formula is C30H44Cl2N10O8. The van der Waals surface area contributed by atoms with Crippen LogP contribution in [0.25, 0.3) is 0 Å². The van der Waals surface area contributed by atoms with Crippen molar-refractivity contribution in [3.8, 4) is 0 Å². The highest BCUT2D eigenvalue weighted by Crippen LogP contribution is 2.14. The first kappa shape index (κ1) is 43.3. The normalized spacial score (nSPS) is 14.8. The molecule has 0 radical (unpaired) electrons. The number of aliphatic carboxylic acids is 1. The largest absolute Gasteiger partial charge is 0.478 e. The maximum absolute atomic E-state index is 10.6. The number of hydrogen-bond donors (Lipinski definition) is 11. The number of carbonyl (C=O) groups excluding carboxylic acids is 1. The quantitative estimate of drug-likeness (QED) is 0.0510. The number of benzene rings is 2. The molecule has 0 heterocycles. The van der Waals surface area contributed by atoms with Crippen LogP contribution in [0.15, 0.2) is 68.5 Å². The van der Waals surface area contributed by atoms with Crippen LogP contribution in [0.3, 0.4) is 0 Å². The highest BCUT2D eigenvalue weighted by Gasteiger charge is 2.37. The summed E-state index contributed by atoms with van der Waals surface area (Å²) in [5.41, 5.74) is 24.8. The summed E-state index contributed by atoms with van der Waals surface area (Å²) in [4.78, 5) is 37.6. The summed E-state index contributed by atoms with van der Waals surface area (Å²) in [6, 6.07) is 14.1. The Morgan fingerprint density at radius 1 is 0.740 bits per heavy atom. The van der Waals surface area contributed by atoms with E-state index >= 15 is 0 Å². The number of aliphatic hydroxyl groups is 4. The van der Waals surface area contributed by atoms with Gasteiger partial charge in [0.15, 0.2) is 0 Å². The molecule has 20 heteroatoms. The average molecular weight is 744 g/mol. The van der Waals surface area contributed by atoms with E-state index in [1.165, 1.54) is 0 Å². The second-order valence-corrected chi connectivity index (χ2v) is 11.1. The molecule has 0 bridgehead atoms. The van der Waals surface area contributed by atoms with Crippen LogP contribution in [0.5, 0.6) is 0 Å². The highest BCUT2D eigenvalue weighted by molar-refractivity contribution is 6.31. The number of carbonyl (C=O) groups is 2. The third kappa shape index (κ3) is 18.7. The van der Waals surface area contributed by atoms with Crippen molar-refractivity contribution in [1.29, 1.82) is 0 Å². The molecule has 2 aromatic carbocycles. The molecule has 18 nitrogen and oxygen atoms in total. The number of carboxylic acid groups (broad SMARTS) is 1. The number of nitrogens with one attached hydrogen (secondary N) is 2. The van der Waals surface area contributed by atoms with Crippen molar-refractivity contribution in [2.45, 2.75) is 57.0 Å². The topological polar surface area (TPSA) is 322 Å². The zero-order chi connectivity index (χ0) is 37.6. The molecule has 276 valence electrons. The van der Waals surface area contributed by atoms with Crippen molar-refractivity contribution in [2.24, 2.45) is 42.9 Å². The van der Waals surface area contributed by atoms with Gasteiger partial charge in [-0.05, 0) is 61.4 Å². The van der Waals surface area contributed by atoms with E-state index in [2.05, 4.69) is 35.3 Å². The van der Waals surface area contributed by atoms with Gasteiger partial charge in [-0.3, -0.25) is 14.8 Å². The number of unbranched alkanes of at least 4 members (excludes halogenated alkanes) is 3. The summed E-state index contributed by atoms with van der Waals surface area (Å²) in [6.07, 6.45) is -4.03. The van der Waals surface area contributed by atoms with Gasteiger partial charge in [-0.1, -0.05) is 36.0 Å². The van der Waals surface area contributed by atoms with Gasteiger partial charge in [0.1, 0.15) is 18.3 Å². The Balaban J connectivity index is 0.000000657. The van der Waals surface area contributed by atoms with E-state index in [-0.39, 0.29) is 23.8 Å². The molecular weight excluding hydrogens is 699 g/mol. The predicted octanol–water partition coefficient (Wildman–Crippen LogP) is 0.414. The summed E-state index contributed by atoms with van der Waals surface area (Å²) in [6.45, 7) is 1.18. The second kappa shape index (κ2) is 23.6. The third-order valence-electron chi connectivity index (χ3n) is 6.09. The van der Waals surface area contributed by atoms with Gasteiger partial charge in [-0.2, -0.15) is 9.98 Å². The van der Waals surface area contributed by atoms with E-state index in [9.17, 15) is 19.8 Å². The number of ether oxygens (including phenoxy) is 1. The first-order valence-electron chi connectivity index (χ1n) is 15.0. The zero-order valence-electron chi connectivity index (χ0n) is 27.2. The number of nitrogens with zero attached hydrogens (tertiary/aromatic N) is 4. The molecule has 0 fully saturated rings. The van der Waals surface area contributed by atoms with Crippen LogP contribution in [0.4, 0.5) is 11.4 Å². The molecule has 0 aliphatic carbocycles. The van der Waals surface area contributed by atoms with Crippen LogP contribution in [0.2, 0.25) is 10.0 Å². The Bertz CT molecular complexity index is 1380. The fourth-order valence-corrected chi connectivity index (χ4v) is 3.91. The Labute approximate surface area is 298 Å². The number of aliphatic imine (C=N–C) groups is 4. The lowest BCUT2D eigenvalue weighted by molar-refractivity contribution is -0.181. The second-order valence-electron chi connectivity index (χ2n) is 10.3. The Hall–Kier alpha value is -4.72. The number of esters is 1. The van der Waals surface area contributed by atoms with Crippen molar-refractivity contribution in [2.75, 3.05) is 30.3 Å². The molecule has 0 amide bonds. The molecule has 0 aliphatic heterocycles. The lowest BCUT2D eigenvalue weighted by Gasteiger charge is -2.25. The van der Waals surface area contributed by atoms with Crippen molar-refractivity contribution < 1.29 is 39.9 Å². The third-order valence-corrected chi connectivity index (χ3v) is 6.60. The first-order valence-corrected chi connectivity index (χ1v) is 15.8. The molecule has 50 heavy (non-hydrogen) atoms. The summed E-state index contributed by atoms with van der Waals surface area (Å²) >= 11 is 11.7. The lowest BCUT2D eigenvalue weighted by Crippen LogP contribution is -2.50. The number of carboxylic acids is 1. The van der Waals surface area contributed by atoms with Crippen LogP contribution in [0, 0.1) is 0 Å². The van der Waals surface area contributed by atoms with Gasteiger partial charge >= 0.3 is 11.9 Å². The number of rotatable bonds is 15. The fraction of sp³-hybridized carbons (Fsp3) is 0.400. The maximum atomic E-state index is 10.6. The number of hydrogen-bond acceptors (Lipinski definition) is 9. The van der Waals surface area contributed by atoms with Crippen LogP contribution < -0.4 is 33.6 Å². The smallest absolute Gasteiger partial charge is 0.347 e. The molecule has 0 saturated heterocycles. The Morgan fingerprint density at radius 3 is 1.48 bits per heavy atom. The first-order chi connectivity index (χ1) is 23.6. The maximum Gasteiger partial charge on any atom is 0.347 e. The van der Waals surface area contributed by atoms with Crippen LogP contribution >= 0.6 is 23.2 Å². The van der Waals surface area contributed by atoms with E-state index in [1.807, 2.05) is 0 Å². The molecule has 2 rings (SSSR count). The Morgan fingerprint density at radius 2 is 1.14 bits per heavy atom. The van der Waals surface area contributed by atoms with Crippen LogP contribution in [0.1, 0.15) is 32.6 Å². The molecule has 0 spiro atoms. The van der Waals surface area contributed by atoms with Gasteiger partial charge in [0.2, 0.25) is 29.9 Å². The van der Waals surface area contributed by atoms with E-state index < -0.39 is 43.0 Å². The van der Waals surface area contributed by atoms with Gasteiger partial charge in [0.05, 0.1) is 6.61 Å². The number of anilines is 2. The standard InChI is InChI=1S/C22H30Cl2N10.C8H14O8/c23-15-5-9-17(10-6-15)31-21(27)33-19(25)29-13-3-1-2-4-14-30-20(26)34-22(28)32-18-11-7-16(24)8-12-18;1-3(10)16-7(8(14)15)6(13)5(12)4(11)2-9/h5-12H,1-4,13-14H2,(H5,25,27,29,31,33)(H5,26,28,30,32,34);4-7,9,11-13H,2H2,1H3,(H,14,15)/t;4-,5-,6+,7-/m.1/s1. The van der Waals surface area contributed by atoms with Gasteiger partial charge in [0.25, 0.3) is 0 Å². The Kier molecular flexibility index (Phi) is 20.4. The number of guanidine groups is 4. The van der Waals surface area contributed by atoms with Gasteiger partial charge in [0, 0.05) is 41.4 Å². The SMILES string of the molecule is CC(=O)O[C@@H](C(=O)O)[C@@H](O)[C@H](O)[C@H](O)CO.NC(=NCCCCCCN=C(N)N=C(N)Nc1ccc(Cl)cc1)N=C(N)Nc1ccc(Cl)cc1. The van der Waals surface area contributed by atoms with Crippen molar-refractivity contribution in [3.05, 3.63) is 58.6 Å². The molecule has 2 aromatic rings. The highest BCUT2D eigenvalue weighted by atomic mass is 35.5. The molecule has 0 aromatic heterocycles. The van der Waals surface area contributed by atoms with E-state index in [0.717, 1.165) is 44.0 Å². The lowest BCUT2D eigenvalue weighted by atomic mass is 10.0. The van der Waals surface area contributed by atoms with E-state index in [0.29, 0.717) is 23.1 Å². The van der Waals surface area contributed by atoms with Crippen molar-refractivity contribution >= 4 is 70.4 Å². The van der Waals surface area contributed by atoms with Crippen LogP contribution in [-0.2, 0) is 14.3 Å². The summed E-state index contributed by atoms with van der Waals surface area (Å²) in [5.74, 6) is -2.07. The van der Waals surface area contributed by atoms with Crippen LogP contribution in [-0.4, -0.2) is 105 Å². The minimum atomic E-state index is -2.04. The van der Waals surface area contributed by atoms with Gasteiger partial charge in [-0.25, -0.2) is 4.79 Å². The van der Waals surface area contributed by atoms with E-state index in [1.54, 1.807) is 48.5 Å². The summed E-state index contributed by atoms with van der Waals surface area (Å²) in [5, 5.41) is 51.7. The molecule has 4 atom stereocenters. The van der Waals surface area contributed by atoms with Crippen molar-refractivity contribution in [3.63, 3.8) is 0 Å². The number of aliphatic hydroxyl groups excluding tert-OH is 4. The molecule has 15 N–H and O–H groups in total.